The lowest BCUT2D eigenvalue weighted by molar-refractivity contribution is -0.385. The van der Waals surface area contributed by atoms with Crippen molar-refractivity contribution in [3.63, 3.8) is 0 Å². The molecule has 3 aromatic rings. The molecule has 10 heteroatoms. The van der Waals surface area contributed by atoms with Crippen LogP contribution < -0.4 is 4.74 Å². The number of nitrogens with one attached hydrogen (secondary N) is 1. The molecule has 0 fully saturated rings. The number of aromatic amines is 1. The highest BCUT2D eigenvalue weighted by molar-refractivity contribution is 7.71. The van der Waals surface area contributed by atoms with E-state index in [1.807, 2.05) is 32.0 Å². The Morgan fingerprint density at radius 2 is 2.04 bits per heavy atom. The van der Waals surface area contributed by atoms with Crippen LogP contribution in [0.4, 0.5) is 5.69 Å². The number of rotatable bonds is 6. The summed E-state index contributed by atoms with van der Waals surface area (Å²) in [6.07, 6.45) is 1.39. The van der Waals surface area contributed by atoms with Crippen LogP contribution in [-0.2, 0) is 6.61 Å². The van der Waals surface area contributed by atoms with E-state index in [1.165, 1.54) is 29.1 Å². The lowest BCUT2D eigenvalue weighted by Crippen LogP contribution is -2.04. The molecule has 0 spiro atoms. The Bertz CT molecular complexity index is 1100. The molecule has 0 aliphatic carbocycles. The maximum atomic E-state index is 10.9. The largest absolute Gasteiger partial charge is 0.502 e. The predicted octanol–water partition coefficient (Wildman–Crippen LogP) is 3.63. The van der Waals surface area contributed by atoms with Gasteiger partial charge in [0.2, 0.25) is 4.77 Å². The van der Waals surface area contributed by atoms with Gasteiger partial charge in [0.25, 0.3) is 0 Å². The van der Waals surface area contributed by atoms with Gasteiger partial charge in [0.15, 0.2) is 11.6 Å². The molecule has 0 radical (unpaired) electrons. The van der Waals surface area contributed by atoms with E-state index in [0.29, 0.717) is 17.1 Å². The molecule has 0 amide bonds. The normalized spacial score (nSPS) is 11.1. The van der Waals surface area contributed by atoms with Crippen molar-refractivity contribution in [1.82, 2.24) is 14.9 Å². The zero-order valence-corrected chi connectivity index (χ0v) is 15.9. The average molecular weight is 399 g/mol. The number of hydrogen-bond donors (Lipinski definition) is 2. The van der Waals surface area contributed by atoms with E-state index < -0.39 is 16.4 Å². The second kappa shape index (κ2) is 8.01. The second-order valence-corrected chi connectivity index (χ2v) is 6.51. The summed E-state index contributed by atoms with van der Waals surface area (Å²) in [6, 6.07) is 9.83. The second-order valence-electron chi connectivity index (χ2n) is 6.12. The van der Waals surface area contributed by atoms with E-state index in [-0.39, 0.29) is 11.4 Å². The smallest absolute Gasteiger partial charge is 0.311 e. The van der Waals surface area contributed by atoms with Crippen molar-refractivity contribution < 1.29 is 14.8 Å². The van der Waals surface area contributed by atoms with Gasteiger partial charge in [-0.3, -0.25) is 10.1 Å². The molecule has 0 saturated carbocycles. The Labute approximate surface area is 165 Å². The number of H-pyrrole nitrogens is 1. The zero-order valence-electron chi connectivity index (χ0n) is 15.1. The number of nitro benzene ring substituents is 1. The van der Waals surface area contributed by atoms with Crippen LogP contribution >= 0.6 is 12.2 Å². The fraction of sp³-hybridized carbons (Fsp3) is 0.167. The third kappa shape index (κ3) is 4.41. The molecule has 9 nitrogen and oxygen atoms in total. The van der Waals surface area contributed by atoms with Gasteiger partial charge in [0, 0.05) is 11.6 Å². The van der Waals surface area contributed by atoms with Gasteiger partial charge in [-0.05, 0) is 61.5 Å². The molecule has 1 aromatic heterocycles. The molecular formula is C18H17N5O4S. The van der Waals surface area contributed by atoms with Gasteiger partial charge in [0.05, 0.1) is 11.1 Å². The van der Waals surface area contributed by atoms with E-state index in [9.17, 15) is 15.2 Å². The van der Waals surface area contributed by atoms with Crippen molar-refractivity contribution in [3.05, 3.63) is 73.8 Å². The van der Waals surface area contributed by atoms with Crippen molar-refractivity contribution >= 4 is 24.1 Å². The standard InChI is InChI=1S/C18H17N5O4S/c1-11-5-12(2)7-14(6-11)27-10-17-20-21-18(28)22(17)19-9-13-3-4-16(24)15(8-13)23(25)26/h3-9,24H,10H2,1-2H3,(H,21,28)/b19-9+. The summed E-state index contributed by atoms with van der Waals surface area (Å²) in [5.74, 6) is 0.731. The summed E-state index contributed by atoms with van der Waals surface area (Å²) in [5.41, 5.74) is 2.19. The van der Waals surface area contributed by atoms with Crippen molar-refractivity contribution in [3.8, 4) is 11.5 Å². The molecule has 144 valence electrons. The summed E-state index contributed by atoms with van der Waals surface area (Å²) < 4.78 is 7.41. The van der Waals surface area contributed by atoms with Crippen LogP contribution in [0.1, 0.15) is 22.5 Å². The third-order valence-electron chi connectivity index (χ3n) is 3.80. The van der Waals surface area contributed by atoms with Crippen LogP contribution in [0.5, 0.6) is 11.5 Å². The molecule has 28 heavy (non-hydrogen) atoms. The summed E-state index contributed by atoms with van der Waals surface area (Å²) in [7, 11) is 0. The fourth-order valence-electron chi connectivity index (χ4n) is 2.59. The highest BCUT2D eigenvalue weighted by atomic mass is 32.1. The van der Waals surface area contributed by atoms with E-state index in [1.54, 1.807) is 0 Å². The van der Waals surface area contributed by atoms with Gasteiger partial charge in [0.1, 0.15) is 12.4 Å². The Balaban J connectivity index is 1.81. The molecule has 0 unspecified atom stereocenters. The van der Waals surface area contributed by atoms with E-state index in [2.05, 4.69) is 15.3 Å². The molecule has 0 bridgehead atoms. The predicted molar refractivity (Wildman–Crippen MR) is 105 cm³/mol. The minimum Gasteiger partial charge on any atom is -0.502 e. The maximum Gasteiger partial charge on any atom is 0.311 e. The summed E-state index contributed by atoms with van der Waals surface area (Å²) in [6.45, 7) is 4.09. The van der Waals surface area contributed by atoms with Crippen molar-refractivity contribution in [2.24, 2.45) is 5.10 Å². The average Bonchev–Trinajstić information content (AvgIpc) is 2.98. The number of benzene rings is 2. The zero-order chi connectivity index (χ0) is 20.3. The van der Waals surface area contributed by atoms with Gasteiger partial charge in [-0.2, -0.15) is 14.9 Å². The molecule has 1 heterocycles. The lowest BCUT2D eigenvalue weighted by atomic mass is 10.1. The molecular weight excluding hydrogens is 382 g/mol. The van der Waals surface area contributed by atoms with Crippen molar-refractivity contribution in [2.75, 3.05) is 0 Å². The summed E-state index contributed by atoms with van der Waals surface area (Å²) in [5, 5.41) is 31.4. The third-order valence-corrected chi connectivity index (χ3v) is 4.06. The minimum absolute atomic E-state index is 0.128. The molecule has 0 saturated heterocycles. The number of nitro groups is 1. The number of phenols is 1. The summed E-state index contributed by atoms with van der Waals surface area (Å²) >= 11 is 5.18. The first-order chi connectivity index (χ1) is 13.3. The molecule has 2 aromatic carbocycles. The number of aromatic nitrogens is 3. The van der Waals surface area contributed by atoms with Gasteiger partial charge in [-0.15, -0.1) is 0 Å². The lowest BCUT2D eigenvalue weighted by Gasteiger charge is -2.07. The summed E-state index contributed by atoms with van der Waals surface area (Å²) in [4.78, 5) is 10.3. The number of hydrogen-bond acceptors (Lipinski definition) is 7. The fourth-order valence-corrected chi connectivity index (χ4v) is 2.79. The minimum atomic E-state index is -0.667. The number of aromatic hydroxyl groups is 1. The van der Waals surface area contributed by atoms with E-state index >= 15 is 0 Å². The Morgan fingerprint density at radius 3 is 2.71 bits per heavy atom. The molecule has 0 atom stereocenters. The molecule has 0 aliphatic heterocycles. The molecule has 3 rings (SSSR count). The Morgan fingerprint density at radius 1 is 1.32 bits per heavy atom. The first kappa shape index (κ1) is 19.2. The first-order valence-electron chi connectivity index (χ1n) is 8.22. The van der Waals surface area contributed by atoms with Crippen molar-refractivity contribution in [2.45, 2.75) is 20.5 Å². The van der Waals surface area contributed by atoms with Crippen LogP contribution in [0, 0.1) is 28.7 Å². The van der Waals surface area contributed by atoms with Crippen LogP contribution in [0.2, 0.25) is 0 Å². The van der Waals surface area contributed by atoms with Gasteiger partial charge in [-0.25, -0.2) is 5.10 Å². The number of nitrogens with zero attached hydrogens (tertiary/aromatic N) is 4. The number of aryl methyl sites for hydroxylation is 2. The highest BCUT2D eigenvalue weighted by Gasteiger charge is 2.13. The highest BCUT2D eigenvalue weighted by Crippen LogP contribution is 2.25. The molecule has 0 aliphatic rings. The molecule has 2 N–H and O–H groups in total. The topological polar surface area (TPSA) is 119 Å². The number of ether oxygens (including phenoxy) is 1. The van der Waals surface area contributed by atoms with Gasteiger partial charge >= 0.3 is 5.69 Å². The monoisotopic (exact) mass is 399 g/mol. The Hall–Kier alpha value is -3.53. The van der Waals surface area contributed by atoms with Crippen molar-refractivity contribution in [1.29, 1.82) is 0 Å². The van der Waals surface area contributed by atoms with Crippen LogP contribution in [-0.4, -0.2) is 31.1 Å². The Kier molecular flexibility index (Phi) is 5.50. The van der Waals surface area contributed by atoms with E-state index in [4.69, 9.17) is 17.0 Å². The first-order valence-corrected chi connectivity index (χ1v) is 8.63. The van der Waals surface area contributed by atoms with Crippen LogP contribution in [0.25, 0.3) is 0 Å². The quantitative estimate of drug-likeness (QED) is 0.283. The van der Waals surface area contributed by atoms with Gasteiger partial charge in [-0.1, -0.05) is 6.07 Å². The number of phenolic OH excluding ortho intramolecular Hbond substituents is 1. The SMILES string of the molecule is Cc1cc(C)cc(OCc2n[nH]c(=S)n2/N=C/c2ccc(O)c([N+](=O)[O-])c2)c1. The van der Waals surface area contributed by atoms with Gasteiger partial charge < -0.3 is 9.84 Å². The maximum absolute atomic E-state index is 10.9. The van der Waals surface area contributed by atoms with Crippen LogP contribution in [0.15, 0.2) is 41.5 Å². The van der Waals surface area contributed by atoms with Crippen LogP contribution in [0.3, 0.4) is 0 Å². The van der Waals surface area contributed by atoms with E-state index in [0.717, 1.165) is 11.1 Å².